The maximum absolute atomic E-state index is 12.5. The molecule has 1 aromatic rings. The molecule has 1 N–H and O–H groups in total. The summed E-state index contributed by atoms with van der Waals surface area (Å²) in [6, 6.07) is 0.865. The monoisotopic (exact) mass is 435 g/mol. The normalized spacial score (nSPS) is 23.0. The Hall–Kier alpha value is -1.18. The number of nitrogens with zero attached hydrogens (tertiary/aromatic N) is 4. The molecule has 0 bridgehead atoms. The van der Waals surface area contributed by atoms with Crippen LogP contribution in [0.2, 0.25) is 0 Å². The van der Waals surface area contributed by atoms with Crippen LogP contribution >= 0.6 is 11.3 Å². The molecule has 0 radical (unpaired) electrons. The van der Waals surface area contributed by atoms with Crippen LogP contribution < -0.4 is 5.32 Å². The average Bonchev–Trinajstić information content (AvgIpc) is 3.33. The summed E-state index contributed by atoms with van der Waals surface area (Å²) < 4.78 is 0. The minimum atomic E-state index is -0.300. The predicted octanol–water partition coefficient (Wildman–Crippen LogP) is 4.07. The van der Waals surface area contributed by atoms with Gasteiger partial charge in [-0.1, -0.05) is 20.8 Å². The second kappa shape index (κ2) is 9.13. The van der Waals surface area contributed by atoms with Crippen LogP contribution in [0.3, 0.4) is 0 Å². The van der Waals surface area contributed by atoms with Crippen molar-refractivity contribution in [2.24, 2.45) is 5.41 Å². The summed E-state index contributed by atoms with van der Waals surface area (Å²) in [5.41, 5.74) is 1.06. The summed E-state index contributed by atoms with van der Waals surface area (Å²) in [5, 5.41) is 6.82. The van der Waals surface area contributed by atoms with Gasteiger partial charge in [0, 0.05) is 55.1 Å². The van der Waals surface area contributed by atoms with Crippen LogP contribution in [0.15, 0.2) is 5.38 Å². The van der Waals surface area contributed by atoms with Gasteiger partial charge in [0.25, 0.3) is 0 Å². The lowest BCUT2D eigenvalue weighted by Gasteiger charge is -2.39. The molecule has 1 amide bonds. The molecule has 0 unspecified atom stereocenters. The lowest BCUT2D eigenvalue weighted by molar-refractivity contribution is -0.141. The van der Waals surface area contributed by atoms with Gasteiger partial charge in [-0.3, -0.25) is 14.6 Å². The van der Waals surface area contributed by atoms with Crippen LogP contribution in [0.1, 0.15) is 73.0 Å². The Morgan fingerprint density at radius 2 is 1.83 bits per heavy atom. The molecule has 1 aromatic heterocycles. The molecule has 2 aliphatic rings. The van der Waals surface area contributed by atoms with Crippen molar-refractivity contribution in [3.63, 3.8) is 0 Å². The zero-order chi connectivity index (χ0) is 22.1. The number of anilines is 1. The molecular weight excluding hydrogens is 394 g/mol. The third kappa shape index (κ3) is 5.54. The van der Waals surface area contributed by atoms with Crippen LogP contribution in [0.4, 0.5) is 5.13 Å². The van der Waals surface area contributed by atoms with E-state index in [0.717, 1.165) is 43.5 Å². The molecular formula is C23H41N5OS. The molecule has 2 atom stereocenters. The number of likely N-dealkylation sites (tertiary alicyclic amines) is 1. The van der Waals surface area contributed by atoms with Gasteiger partial charge in [-0.25, -0.2) is 4.98 Å². The van der Waals surface area contributed by atoms with Gasteiger partial charge < -0.3 is 10.2 Å². The third-order valence-corrected chi connectivity index (χ3v) is 7.29. The molecule has 6 nitrogen and oxygen atoms in total. The summed E-state index contributed by atoms with van der Waals surface area (Å²) in [6.07, 6.45) is 2.55. The minimum Gasteiger partial charge on any atom is -0.360 e. The molecule has 0 aliphatic carbocycles. The summed E-state index contributed by atoms with van der Waals surface area (Å²) in [6.45, 7) is 20.7. The van der Waals surface area contributed by atoms with Crippen molar-refractivity contribution < 1.29 is 4.79 Å². The maximum Gasteiger partial charge on any atom is 0.228 e. The first-order valence-corrected chi connectivity index (χ1v) is 12.3. The van der Waals surface area contributed by atoms with Crippen molar-refractivity contribution in [3.05, 3.63) is 11.1 Å². The Morgan fingerprint density at radius 3 is 2.43 bits per heavy atom. The standard InChI is InChI=1S/C23H41N5OS/c1-17(26-11-13-27(14-12-26)20(29)22(2,3)4)19-16-30-21(25-19)24-15-18-9-8-10-28(18)23(5,6)7/h16-18H,8-15H2,1-7H3,(H,24,25)/t17-,18+/m1/s1. The first kappa shape index (κ1) is 23.5. The summed E-state index contributed by atoms with van der Waals surface area (Å²) >= 11 is 1.71. The fourth-order valence-electron chi connectivity index (χ4n) is 4.67. The number of aromatic nitrogens is 1. The second-order valence-electron chi connectivity index (χ2n) is 10.9. The van der Waals surface area contributed by atoms with Gasteiger partial charge in [0.2, 0.25) is 5.91 Å². The van der Waals surface area contributed by atoms with Gasteiger partial charge in [-0.15, -0.1) is 11.3 Å². The minimum absolute atomic E-state index is 0.224. The fourth-order valence-corrected chi connectivity index (χ4v) is 5.48. The molecule has 3 rings (SSSR count). The quantitative estimate of drug-likeness (QED) is 0.756. The largest absolute Gasteiger partial charge is 0.360 e. The van der Waals surface area contributed by atoms with Crippen molar-refractivity contribution in [2.45, 2.75) is 78.9 Å². The number of hydrogen-bond acceptors (Lipinski definition) is 6. The fraction of sp³-hybridized carbons (Fsp3) is 0.826. The predicted molar refractivity (Wildman–Crippen MR) is 126 cm³/mol. The van der Waals surface area contributed by atoms with E-state index in [1.54, 1.807) is 11.3 Å². The van der Waals surface area contributed by atoms with Crippen LogP contribution in [0.25, 0.3) is 0 Å². The molecule has 2 aliphatic heterocycles. The number of carbonyl (C=O) groups is 1. The number of hydrogen-bond donors (Lipinski definition) is 1. The van der Waals surface area contributed by atoms with Crippen LogP contribution in [0, 0.1) is 5.41 Å². The molecule has 0 spiro atoms. The topological polar surface area (TPSA) is 51.7 Å². The Morgan fingerprint density at radius 1 is 1.17 bits per heavy atom. The molecule has 0 saturated carbocycles. The van der Waals surface area contributed by atoms with Crippen LogP contribution in [0.5, 0.6) is 0 Å². The summed E-state index contributed by atoms with van der Waals surface area (Å²) in [4.78, 5) is 24.5. The summed E-state index contributed by atoms with van der Waals surface area (Å²) in [5.74, 6) is 0.256. The molecule has 0 aromatic carbocycles. The van der Waals surface area contributed by atoms with E-state index >= 15 is 0 Å². The van der Waals surface area contributed by atoms with Gasteiger partial charge in [-0.05, 0) is 47.1 Å². The van der Waals surface area contributed by atoms with Crippen molar-refractivity contribution in [3.8, 4) is 0 Å². The van der Waals surface area contributed by atoms with Crippen LogP contribution in [-0.4, -0.2) is 76.4 Å². The Balaban J connectivity index is 1.51. The van der Waals surface area contributed by atoms with E-state index in [4.69, 9.17) is 4.98 Å². The number of rotatable bonds is 5. The smallest absolute Gasteiger partial charge is 0.228 e. The van der Waals surface area contributed by atoms with Gasteiger partial charge >= 0.3 is 0 Å². The third-order valence-electron chi connectivity index (χ3n) is 6.47. The molecule has 30 heavy (non-hydrogen) atoms. The zero-order valence-corrected chi connectivity index (χ0v) is 20.8. The van der Waals surface area contributed by atoms with E-state index in [0.29, 0.717) is 6.04 Å². The van der Waals surface area contributed by atoms with E-state index in [1.807, 2.05) is 25.7 Å². The molecule has 170 valence electrons. The number of piperazine rings is 1. The van der Waals surface area contributed by atoms with Gasteiger partial charge in [0.15, 0.2) is 5.13 Å². The van der Waals surface area contributed by atoms with Crippen molar-refractivity contribution in [1.82, 2.24) is 19.7 Å². The number of carbonyl (C=O) groups excluding carboxylic acids is 1. The molecule has 3 heterocycles. The van der Waals surface area contributed by atoms with Crippen molar-refractivity contribution in [2.75, 3.05) is 44.6 Å². The first-order chi connectivity index (χ1) is 14.0. The Bertz CT molecular complexity index is 712. The lowest BCUT2D eigenvalue weighted by atomic mass is 9.94. The highest BCUT2D eigenvalue weighted by Crippen LogP contribution is 2.29. The molecule has 2 fully saturated rings. The van der Waals surface area contributed by atoms with E-state index in [-0.39, 0.29) is 22.9 Å². The van der Waals surface area contributed by atoms with Crippen LogP contribution in [-0.2, 0) is 4.79 Å². The summed E-state index contributed by atoms with van der Waals surface area (Å²) in [7, 11) is 0. The second-order valence-corrected chi connectivity index (χ2v) is 11.7. The maximum atomic E-state index is 12.5. The van der Waals surface area contributed by atoms with Crippen molar-refractivity contribution >= 4 is 22.4 Å². The first-order valence-electron chi connectivity index (χ1n) is 11.5. The van der Waals surface area contributed by atoms with E-state index < -0.39 is 0 Å². The molecule has 2 saturated heterocycles. The highest BCUT2D eigenvalue weighted by atomic mass is 32.1. The number of thiazole rings is 1. The van der Waals surface area contributed by atoms with E-state index in [2.05, 4.69) is 48.2 Å². The number of nitrogens with one attached hydrogen (secondary N) is 1. The van der Waals surface area contributed by atoms with E-state index in [9.17, 15) is 4.79 Å². The average molecular weight is 436 g/mol. The van der Waals surface area contributed by atoms with Gasteiger partial charge in [0.1, 0.15) is 0 Å². The van der Waals surface area contributed by atoms with Gasteiger partial charge in [-0.2, -0.15) is 0 Å². The van der Waals surface area contributed by atoms with E-state index in [1.165, 1.54) is 19.4 Å². The zero-order valence-electron chi connectivity index (χ0n) is 20.0. The highest BCUT2D eigenvalue weighted by molar-refractivity contribution is 7.13. The van der Waals surface area contributed by atoms with Gasteiger partial charge in [0.05, 0.1) is 11.7 Å². The van der Waals surface area contributed by atoms with Crippen molar-refractivity contribution in [1.29, 1.82) is 0 Å². The highest BCUT2D eigenvalue weighted by Gasteiger charge is 2.33. The SMILES string of the molecule is C[C@H](c1csc(NC[C@@H]2CCCN2C(C)(C)C)n1)N1CCN(C(=O)C(C)(C)C)CC1. The Labute approximate surface area is 187 Å². The Kier molecular flexibility index (Phi) is 7.15. The number of amides is 1. The lowest BCUT2D eigenvalue weighted by Crippen LogP contribution is -2.52. The molecule has 7 heteroatoms.